The van der Waals surface area contributed by atoms with Crippen LogP contribution in [0.1, 0.15) is 25.0 Å². The van der Waals surface area contributed by atoms with Gasteiger partial charge in [-0.15, -0.1) is 0 Å². The number of rotatable bonds is 8. The molecule has 144 valence electrons. The van der Waals surface area contributed by atoms with Crippen LogP contribution in [0.15, 0.2) is 48.5 Å². The van der Waals surface area contributed by atoms with Crippen LogP contribution in [0.2, 0.25) is 0 Å². The van der Waals surface area contributed by atoms with Crippen LogP contribution in [0.4, 0.5) is 4.39 Å². The summed E-state index contributed by atoms with van der Waals surface area (Å²) in [5.74, 6) is -0.543. The van der Waals surface area contributed by atoms with Crippen LogP contribution in [0.5, 0.6) is 5.75 Å². The highest BCUT2D eigenvalue weighted by atomic mass is 19.1. The summed E-state index contributed by atoms with van der Waals surface area (Å²) in [5, 5.41) is 2.69. The second-order valence-electron chi connectivity index (χ2n) is 6.29. The smallest absolute Gasteiger partial charge is 0.261 e. The number of aryl methyl sites for hydroxylation is 1. The summed E-state index contributed by atoms with van der Waals surface area (Å²) in [6.45, 7) is 5.58. The zero-order valence-electron chi connectivity index (χ0n) is 15.9. The maximum absolute atomic E-state index is 14.0. The molecular formula is C21H25FN2O3. The minimum Gasteiger partial charge on any atom is -0.484 e. The molecule has 0 aliphatic heterocycles. The molecule has 0 saturated heterocycles. The molecule has 0 radical (unpaired) electrons. The van der Waals surface area contributed by atoms with E-state index in [4.69, 9.17) is 4.74 Å². The van der Waals surface area contributed by atoms with Gasteiger partial charge in [0.05, 0.1) is 0 Å². The lowest BCUT2D eigenvalue weighted by Crippen LogP contribution is -2.49. The Morgan fingerprint density at radius 3 is 2.44 bits per heavy atom. The Bertz CT molecular complexity index is 777. The highest BCUT2D eigenvalue weighted by molar-refractivity contribution is 5.87. The Morgan fingerprint density at radius 1 is 1.15 bits per heavy atom. The molecule has 5 nitrogen and oxygen atoms in total. The van der Waals surface area contributed by atoms with Crippen molar-refractivity contribution in [2.75, 3.05) is 13.2 Å². The van der Waals surface area contributed by atoms with Crippen LogP contribution in [0.3, 0.4) is 0 Å². The van der Waals surface area contributed by atoms with Crippen LogP contribution >= 0.6 is 0 Å². The molecule has 2 rings (SSSR count). The largest absolute Gasteiger partial charge is 0.484 e. The van der Waals surface area contributed by atoms with E-state index >= 15 is 0 Å². The second-order valence-corrected chi connectivity index (χ2v) is 6.29. The summed E-state index contributed by atoms with van der Waals surface area (Å²) in [6.07, 6.45) is 0. The van der Waals surface area contributed by atoms with E-state index in [1.807, 2.05) is 19.1 Å². The van der Waals surface area contributed by atoms with E-state index in [2.05, 4.69) is 5.32 Å². The van der Waals surface area contributed by atoms with Crippen LogP contribution in [0.25, 0.3) is 0 Å². The molecule has 0 aliphatic rings. The first kappa shape index (κ1) is 20.4. The number of halogens is 1. The molecular weight excluding hydrogens is 347 g/mol. The lowest BCUT2D eigenvalue weighted by Gasteiger charge is -2.28. The van der Waals surface area contributed by atoms with Crippen molar-refractivity contribution >= 4 is 11.8 Å². The van der Waals surface area contributed by atoms with Crippen LogP contribution in [-0.4, -0.2) is 35.9 Å². The molecule has 0 fully saturated rings. The highest BCUT2D eigenvalue weighted by Crippen LogP contribution is 2.15. The number of likely N-dealkylation sites (N-methyl/N-ethyl adjacent to an activating group) is 1. The van der Waals surface area contributed by atoms with Crippen molar-refractivity contribution < 1.29 is 18.7 Å². The van der Waals surface area contributed by atoms with Gasteiger partial charge in [-0.1, -0.05) is 35.9 Å². The number of hydrogen-bond acceptors (Lipinski definition) is 3. The van der Waals surface area contributed by atoms with Crippen LogP contribution in [0, 0.1) is 12.7 Å². The SMILES string of the molecule is CCNC(=O)[C@@H](C)N(Cc1ccccc1F)C(=O)COc1ccc(C)cc1. The Hall–Kier alpha value is -2.89. The average molecular weight is 372 g/mol. The van der Waals surface area contributed by atoms with E-state index in [-0.39, 0.29) is 19.1 Å². The zero-order chi connectivity index (χ0) is 19.8. The molecule has 27 heavy (non-hydrogen) atoms. The highest BCUT2D eigenvalue weighted by Gasteiger charge is 2.26. The van der Waals surface area contributed by atoms with E-state index < -0.39 is 17.8 Å². The number of carbonyl (C=O) groups is 2. The van der Waals surface area contributed by atoms with Gasteiger partial charge in [0.25, 0.3) is 5.91 Å². The molecule has 0 bridgehead atoms. The first-order valence-electron chi connectivity index (χ1n) is 8.92. The van der Waals surface area contributed by atoms with Crippen molar-refractivity contribution in [3.8, 4) is 5.75 Å². The predicted molar refractivity (Wildman–Crippen MR) is 102 cm³/mol. The molecule has 1 N–H and O–H groups in total. The van der Waals surface area contributed by atoms with E-state index in [0.717, 1.165) is 5.56 Å². The van der Waals surface area contributed by atoms with Gasteiger partial charge in [0.15, 0.2) is 6.61 Å². The van der Waals surface area contributed by atoms with Crippen molar-refractivity contribution in [1.82, 2.24) is 10.2 Å². The van der Waals surface area contributed by atoms with Gasteiger partial charge in [-0.3, -0.25) is 9.59 Å². The first-order chi connectivity index (χ1) is 12.9. The van der Waals surface area contributed by atoms with Gasteiger partial charge in [0.1, 0.15) is 17.6 Å². The van der Waals surface area contributed by atoms with Crippen molar-refractivity contribution in [3.05, 3.63) is 65.5 Å². The van der Waals surface area contributed by atoms with Crippen molar-refractivity contribution in [2.45, 2.75) is 33.4 Å². The van der Waals surface area contributed by atoms with Gasteiger partial charge in [-0.25, -0.2) is 4.39 Å². The third-order valence-corrected chi connectivity index (χ3v) is 4.20. The Labute approximate surface area is 159 Å². The number of ether oxygens (including phenoxy) is 1. The fourth-order valence-corrected chi connectivity index (χ4v) is 2.58. The summed E-state index contributed by atoms with van der Waals surface area (Å²) >= 11 is 0. The lowest BCUT2D eigenvalue weighted by molar-refractivity contribution is -0.142. The standard InChI is InChI=1S/C21H25FN2O3/c1-4-23-21(26)16(3)24(13-17-7-5-6-8-19(17)22)20(25)14-27-18-11-9-15(2)10-12-18/h5-12,16H,4,13-14H2,1-3H3,(H,23,26)/t16-/m1/s1. The Morgan fingerprint density at radius 2 is 1.81 bits per heavy atom. The number of nitrogens with one attached hydrogen (secondary N) is 1. The monoisotopic (exact) mass is 372 g/mol. The molecule has 0 aromatic heterocycles. The molecule has 0 heterocycles. The van der Waals surface area contributed by atoms with E-state index in [9.17, 15) is 14.0 Å². The average Bonchev–Trinajstić information content (AvgIpc) is 2.66. The minimum atomic E-state index is -0.751. The van der Waals surface area contributed by atoms with Crippen molar-refractivity contribution in [2.24, 2.45) is 0 Å². The van der Waals surface area contributed by atoms with E-state index in [1.54, 1.807) is 44.2 Å². The van der Waals surface area contributed by atoms with Gasteiger partial charge in [0.2, 0.25) is 5.91 Å². The van der Waals surface area contributed by atoms with Gasteiger partial charge in [0, 0.05) is 18.7 Å². The third kappa shape index (κ3) is 5.81. The molecule has 0 unspecified atom stereocenters. The fourth-order valence-electron chi connectivity index (χ4n) is 2.58. The summed E-state index contributed by atoms with van der Waals surface area (Å²) < 4.78 is 19.6. The Balaban J connectivity index is 2.14. The summed E-state index contributed by atoms with van der Waals surface area (Å²) in [6, 6.07) is 12.8. The normalized spacial score (nSPS) is 11.6. The molecule has 1 atom stereocenters. The third-order valence-electron chi connectivity index (χ3n) is 4.20. The van der Waals surface area contributed by atoms with Crippen LogP contribution < -0.4 is 10.1 Å². The van der Waals surface area contributed by atoms with Gasteiger partial charge in [-0.2, -0.15) is 0 Å². The Kier molecular flexibility index (Phi) is 7.34. The minimum absolute atomic E-state index is 0.0128. The summed E-state index contributed by atoms with van der Waals surface area (Å²) in [4.78, 5) is 26.3. The van der Waals surface area contributed by atoms with Crippen molar-refractivity contribution in [1.29, 1.82) is 0 Å². The number of carbonyl (C=O) groups excluding carboxylic acids is 2. The topological polar surface area (TPSA) is 58.6 Å². The zero-order valence-corrected chi connectivity index (χ0v) is 15.9. The molecule has 2 aromatic rings. The molecule has 0 spiro atoms. The quantitative estimate of drug-likeness (QED) is 0.775. The van der Waals surface area contributed by atoms with Gasteiger partial charge in [-0.05, 0) is 39.0 Å². The number of amides is 2. The van der Waals surface area contributed by atoms with Gasteiger partial charge >= 0.3 is 0 Å². The fraction of sp³-hybridized carbons (Fsp3) is 0.333. The van der Waals surface area contributed by atoms with Crippen LogP contribution in [-0.2, 0) is 16.1 Å². The molecule has 0 aliphatic carbocycles. The van der Waals surface area contributed by atoms with Crippen molar-refractivity contribution in [3.63, 3.8) is 0 Å². The maximum atomic E-state index is 14.0. The maximum Gasteiger partial charge on any atom is 0.261 e. The molecule has 0 saturated carbocycles. The van der Waals surface area contributed by atoms with E-state index in [0.29, 0.717) is 17.9 Å². The first-order valence-corrected chi connectivity index (χ1v) is 8.92. The summed E-state index contributed by atoms with van der Waals surface area (Å²) in [7, 11) is 0. The summed E-state index contributed by atoms with van der Waals surface area (Å²) in [5.41, 5.74) is 1.43. The van der Waals surface area contributed by atoms with Gasteiger partial charge < -0.3 is 15.0 Å². The van der Waals surface area contributed by atoms with E-state index in [1.165, 1.54) is 11.0 Å². The number of hydrogen-bond donors (Lipinski definition) is 1. The second kappa shape index (κ2) is 9.71. The molecule has 2 aromatic carbocycles. The predicted octanol–water partition coefficient (Wildman–Crippen LogP) is 3.07. The molecule has 6 heteroatoms. The number of benzene rings is 2. The number of nitrogens with zero attached hydrogens (tertiary/aromatic N) is 1. The lowest BCUT2D eigenvalue weighted by atomic mass is 10.1. The molecule has 2 amide bonds.